The van der Waals surface area contributed by atoms with Gasteiger partial charge in [-0.3, -0.25) is 4.79 Å². The smallest absolute Gasteiger partial charge is 0.282 e. The predicted molar refractivity (Wildman–Crippen MR) is 160 cm³/mol. The Bertz CT molecular complexity index is 1510. The van der Waals surface area contributed by atoms with Gasteiger partial charge in [0.05, 0.1) is 24.2 Å². The first kappa shape index (κ1) is 27.2. The molecule has 0 aliphatic carbocycles. The van der Waals surface area contributed by atoms with Crippen LogP contribution in [0.25, 0.3) is 22.3 Å². The predicted octanol–water partition coefficient (Wildman–Crippen LogP) is 4.75. The Hall–Kier alpha value is -3.37. The molecule has 1 aliphatic rings. The Balaban J connectivity index is 1.42. The van der Waals surface area contributed by atoms with Crippen LogP contribution < -0.4 is 15.6 Å². The summed E-state index contributed by atoms with van der Waals surface area (Å²) in [7, 11) is 1.63. The number of likely N-dealkylation sites (N-methyl/N-ethyl adjacent to an activating group) is 2. The maximum absolute atomic E-state index is 13.6. The molecule has 1 aromatic heterocycles. The molecule has 3 aromatic carbocycles. The first-order valence-electron chi connectivity index (χ1n) is 13.2. The molecular formula is C30H33BrN6O2. The van der Waals surface area contributed by atoms with Crippen LogP contribution in [0.5, 0.6) is 5.75 Å². The van der Waals surface area contributed by atoms with E-state index in [-0.39, 0.29) is 5.56 Å². The van der Waals surface area contributed by atoms with Gasteiger partial charge >= 0.3 is 0 Å². The summed E-state index contributed by atoms with van der Waals surface area (Å²) in [5.41, 5.74) is 3.25. The van der Waals surface area contributed by atoms with Crippen LogP contribution in [0, 0.1) is 0 Å². The van der Waals surface area contributed by atoms with E-state index in [2.05, 4.69) is 62.3 Å². The van der Waals surface area contributed by atoms with E-state index in [9.17, 15) is 4.79 Å². The lowest BCUT2D eigenvalue weighted by Gasteiger charge is -2.24. The van der Waals surface area contributed by atoms with Crippen LogP contribution in [0.4, 0.5) is 0 Å². The number of aromatic nitrogens is 2. The first-order valence-corrected chi connectivity index (χ1v) is 14.0. The molecule has 8 nitrogen and oxygen atoms in total. The van der Waals surface area contributed by atoms with Crippen molar-refractivity contribution in [2.75, 3.05) is 33.3 Å². The zero-order valence-corrected chi connectivity index (χ0v) is 24.1. The number of methoxy groups -OCH3 is 1. The van der Waals surface area contributed by atoms with E-state index in [0.717, 1.165) is 54.1 Å². The van der Waals surface area contributed by atoms with E-state index in [1.807, 2.05) is 48.5 Å². The first-order chi connectivity index (χ1) is 19.0. The molecule has 2 heterocycles. The average molecular weight is 590 g/mol. The van der Waals surface area contributed by atoms with Crippen LogP contribution in [-0.2, 0) is 6.54 Å². The highest BCUT2D eigenvalue weighted by molar-refractivity contribution is 9.10. The number of fused-ring (bicyclic) bond motifs is 1. The third-order valence-electron chi connectivity index (χ3n) is 7.05. The summed E-state index contributed by atoms with van der Waals surface area (Å²) in [4.78, 5) is 18.4. The Morgan fingerprint density at radius 1 is 1.03 bits per heavy atom. The van der Waals surface area contributed by atoms with Gasteiger partial charge in [-0.15, -0.1) is 0 Å². The highest BCUT2D eigenvalue weighted by Crippen LogP contribution is 2.22. The summed E-state index contributed by atoms with van der Waals surface area (Å²) in [6, 6.07) is 21.6. The van der Waals surface area contributed by atoms with Gasteiger partial charge in [0.1, 0.15) is 5.75 Å². The van der Waals surface area contributed by atoms with Crippen LogP contribution in [0.15, 0.2) is 81.1 Å². The molecule has 1 aliphatic heterocycles. The number of halogens is 1. The topological polar surface area (TPSA) is 75.0 Å². The largest absolute Gasteiger partial charge is 0.497 e. The normalized spacial score (nSPS) is 15.1. The standard InChI is InChI=1S/C30H33BrN6O2/c1-4-35-19-25(20-36(35)5-2)32-17-21-6-10-23(11-7-21)29-34-28-15-12-24(31)16-27(28)30(38)37(29)33-18-22-8-13-26(39-3)14-9-22/h6-16,18,25,32H,4-5,17,19-20H2,1-3H3/b33-18+. The fourth-order valence-corrected chi connectivity index (χ4v) is 5.24. The van der Waals surface area contributed by atoms with Crippen LogP contribution in [0.3, 0.4) is 0 Å². The van der Waals surface area contributed by atoms with Gasteiger partial charge in [-0.25, -0.2) is 15.0 Å². The molecule has 0 saturated carbocycles. The lowest BCUT2D eigenvalue weighted by Crippen LogP contribution is -2.35. The van der Waals surface area contributed by atoms with Gasteiger partial charge in [-0.2, -0.15) is 9.78 Å². The van der Waals surface area contributed by atoms with Crippen LogP contribution >= 0.6 is 15.9 Å². The molecule has 9 heteroatoms. The van der Waals surface area contributed by atoms with Crippen molar-refractivity contribution >= 4 is 33.0 Å². The van der Waals surface area contributed by atoms with Gasteiger partial charge in [0.25, 0.3) is 5.56 Å². The van der Waals surface area contributed by atoms with Gasteiger partial charge in [-0.1, -0.05) is 54.0 Å². The minimum Gasteiger partial charge on any atom is -0.497 e. The number of benzene rings is 3. The van der Waals surface area contributed by atoms with Gasteiger partial charge in [0.2, 0.25) is 0 Å². The summed E-state index contributed by atoms with van der Waals surface area (Å²) in [6.45, 7) is 9.28. The summed E-state index contributed by atoms with van der Waals surface area (Å²) in [5.74, 6) is 1.25. The molecule has 1 saturated heterocycles. The summed E-state index contributed by atoms with van der Waals surface area (Å²) >= 11 is 3.47. The molecule has 0 bridgehead atoms. The number of hydrogen-bond donors (Lipinski definition) is 1. The van der Waals surface area contributed by atoms with Gasteiger partial charge in [0.15, 0.2) is 5.82 Å². The minimum atomic E-state index is -0.228. The molecule has 0 spiro atoms. The number of nitrogens with one attached hydrogen (secondary N) is 1. The van der Waals surface area contributed by atoms with Gasteiger partial charge in [0, 0.05) is 48.8 Å². The zero-order valence-electron chi connectivity index (χ0n) is 22.5. The van der Waals surface area contributed by atoms with Crippen molar-refractivity contribution in [3.63, 3.8) is 0 Å². The second kappa shape index (κ2) is 12.2. The molecular weight excluding hydrogens is 556 g/mol. The minimum absolute atomic E-state index is 0.228. The summed E-state index contributed by atoms with van der Waals surface area (Å²) < 4.78 is 7.43. The Labute approximate surface area is 237 Å². The number of nitrogens with zero attached hydrogens (tertiary/aromatic N) is 5. The van der Waals surface area contributed by atoms with Crippen molar-refractivity contribution in [3.05, 3.63) is 92.7 Å². The quantitative estimate of drug-likeness (QED) is 0.284. The van der Waals surface area contributed by atoms with E-state index < -0.39 is 0 Å². The lowest BCUT2D eigenvalue weighted by molar-refractivity contribution is 0.0388. The SMILES string of the molecule is CCN1CC(NCc2ccc(-c3nc4ccc(Br)cc4c(=O)n3/N=C/c3ccc(OC)cc3)cc2)CN1CC. The number of hydrogen-bond acceptors (Lipinski definition) is 7. The molecule has 4 aromatic rings. The molecule has 0 radical (unpaired) electrons. The average Bonchev–Trinajstić information content (AvgIpc) is 3.39. The summed E-state index contributed by atoms with van der Waals surface area (Å²) in [5, 5.41) is 13.6. The van der Waals surface area contributed by atoms with Crippen molar-refractivity contribution in [2.24, 2.45) is 5.10 Å². The molecule has 0 amide bonds. The van der Waals surface area contributed by atoms with E-state index in [1.165, 1.54) is 10.2 Å². The van der Waals surface area contributed by atoms with Crippen molar-refractivity contribution in [3.8, 4) is 17.1 Å². The van der Waals surface area contributed by atoms with E-state index in [1.54, 1.807) is 19.4 Å². The Morgan fingerprint density at radius 2 is 1.72 bits per heavy atom. The molecule has 202 valence electrons. The molecule has 5 rings (SSSR count). The molecule has 1 fully saturated rings. The van der Waals surface area contributed by atoms with Crippen molar-refractivity contribution in [2.45, 2.75) is 26.4 Å². The van der Waals surface area contributed by atoms with E-state index in [0.29, 0.717) is 22.8 Å². The van der Waals surface area contributed by atoms with Gasteiger partial charge < -0.3 is 10.1 Å². The van der Waals surface area contributed by atoms with Gasteiger partial charge in [-0.05, 0) is 53.6 Å². The van der Waals surface area contributed by atoms with Crippen molar-refractivity contribution in [1.29, 1.82) is 0 Å². The van der Waals surface area contributed by atoms with Crippen LogP contribution in [0.2, 0.25) is 0 Å². The maximum Gasteiger partial charge on any atom is 0.282 e. The fraction of sp³-hybridized carbons (Fsp3) is 0.300. The van der Waals surface area contributed by atoms with Crippen molar-refractivity contribution < 1.29 is 4.74 Å². The number of rotatable bonds is 9. The van der Waals surface area contributed by atoms with E-state index in [4.69, 9.17) is 9.72 Å². The fourth-order valence-electron chi connectivity index (χ4n) is 4.88. The zero-order chi connectivity index (χ0) is 27.4. The van der Waals surface area contributed by atoms with Crippen LogP contribution in [-0.4, -0.2) is 65.2 Å². The maximum atomic E-state index is 13.6. The summed E-state index contributed by atoms with van der Waals surface area (Å²) in [6.07, 6.45) is 1.66. The third-order valence-corrected chi connectivity index (χ3v) is 7.54. The Morgan fingerprint density at radius 3 is 2.36 bits per heavy atom. The highest BCUT2D eigenvalue weighted by atomic mass is 79.9. The monoisotopic (exact) mass is 588 g/mol. The number of ether oxygens (including phenoxy) is 1. The second-order valence-corrected chi connectivity index (χ2v) is 10.4. The molecule has 1 N–H and O–H groups in total. The molecule has 0 atom stereocenters. The number of hydrazine groups is 1. The molecule has 0 unspecified atom stereocenters. The highest BCUT2D eigenvalue weighted by Gasteiger charge is 2.27. The third kappa shape index (κ3) is 6.12. The second-order valence-electron chi connectivity index (χ2n) is 9.52. The lowest BCUT2D eigenvalue weighted by atomic mass is 10.1. The molecule has 39 heavy (non-hydrogen) atoms. The van der Waals surface area contributed by atoms with Crippen molar-refractivity contribution in [1.82, 2.24) is 25.0 Å². The Kier molecular flexibility index (Phi) is 8.52. The van der Waals surface area contributed by atoms with Crippen LogP contribution in [0.1, 0.15) is 25.0 Å². The van der Waals surface area contributed by atoms with E-state index >= 15 is 0 Å².